The van der Waals surface area contributed by atoms with Crippen molar-refractivity contribution in [2.45, 2.75) is 25.7 Å². The molecule has 0 fully saturated rings. The first kappa shape index (κ1) is 20.6. The van der Waals surface area contributed by atoms with Crippen LogP contribution in [0.25, 0.3) is 11.3 Å². The number of hydrogen-bond donors (Lipinski definition) is 1. The molecule has 0 saturated carbocycles. The van der Waals surface area contributed by atoms with Crippen LogP contribution < -0.4 is 14.2 Å². The van der Waals surface area contributed by atoms with Gasteiger partial charge in [0.25, 0.3) is 10.0 Å². The highest BCUT2D eigenvalue weighted by Crippen LogP contribution is 2.28. The predicted octanol–water partition coefficient (Wildman–Crippen LogP) is 3.97. The van der Waals surface area contributed by atoms with Gasteiger partial charge in [-0.3, -0.25) is 4.72 Å². The van der Waals surface area contributed by atoms with Crippen molar-refractivity contribution >= 4 is 15.7 Å². The van der Waals surface area contributed by atoms with Crippen LogP contribution in [0.3, 0.4) is 0 Å². The molecule has 1 N–H and O–H groups in total. The van der Waals surface area contributed by atoms with Gasteiger partial charge in [-0.2, -0.15) is 0 Å². The van der Waals surface area contributed by atoms with E-state index in [1.54, 1.807) is 56.5 Å². The molecular formula is C21H23N3O4S. The van der Waals surface area contributed by atoms with E-state index in [0.717, 1.165) is 11.1 Å². The van der Waals surface area contributed by atoms with E-state index in [4.69, 9.17) is 9.47 Å². The summed E-state index contributed by atoms with van der Waals surface area (Å²) < 4.78 is 39.1. The second kappa shape index (κ2) is 8.48. The van der Waals surface area contributed by atoms with Gasteiger partial charge in [-0.05, 0) is 62.2 Å². The van der Waals surface area contributed by atoms with E-state index in [1.807, 2.05) is 19.9 Å². The topological polar surface area (TPSA) is 90.4 Å². The van der Waals surface area contributed by atoms with Crippen molar-refractivity contribution in [2.75, 3.05) is 18.4 Å². The molecule has 0 amide bonds. The number of rotatable bonds is 7. The molecule has 0 unspecified atom stereocenters. The summed E-state index contributed by atoms with van der Waals surface area (Å²) in [4.78, 5) is 0.210. The van der Waals surface area contributed by atoms with Gasteiger partial charge in [0.15, 0.2) is 0 Å². The van der Waals surface area contributed by atoms with Gasteiger partial charge in [-0.15, -0.1) is 10.2 Å². The minimum absolute atomic E-state index is 0.210. The van der Waals surface area contributed by atoms with E-state index in [1.165, 1.54) is 0 Å². The van der Waals surface area contributed by atoms with Gasteiger partial charge < -0.3 is 9.47 Å². The maximum absolute atomic E-state index is 12.9. The summed E-state index contributed by atoms with van der Waals surface area (Å²) in [6.45, 7) is 5.93. The molecule has 0 aliphatic rings. The Morgan fingerprint density at radius 2 is 1.79 bits per heavy atom. The molecule has 0 aliphatic heterocycles. The number of aryl methyl sites for hydroxylation is 2. The lowest BCUT2D eigenvalue weighted by atomic mass is 10.1. The van der Waals surface area contributed by atoms with Gasteiger partial charge in [0.2, 0.25) is 5.88 Å². The van der Waals surface area contributed by atoms with Crippen molar-refractivity contribution in [3.8, 4) is 22.9 Å². The highest BCUT2D eigenvalue weighted by Gasteiger charge is 2.19. The minimum atomic E-state index is -3.77. The Hall–Kier alpha value is -3.13. The molecule has 2 aromatic carbocycles. The van der Waals surface area contributed by atoms with Crippen LogP contribution in [0.15, 0.2) is 53.4 Å². The van der Waals surface area contributed by atoms with Crippen LogP contribution in [0.4, 0.5) is 5.69 Å². The molecule has 0 atom stereocenters. The molecule has 7 nitrogen and oxygen atoms in total. The summed E-state index contributed by atoms with van der Waals surface area (Å²) in [5.74, 6) is 1.09. The Kier molecular flexibility index (Phi) is 6.03. The lowest BCUT2D eigenvalue weighted by molar-refractivity contribution is 0.323. The zero-order valence-electron chi connectivity index (χ0n) is 16.8. The van der Waals surface area contributed by atoms with Gasteiger partial charge >= 0.3 is 0 Å². The van der Waals surface area contributed by atoms with Crippen LogP contribution in [-0.4, -0.2) is 32.3 Å². The molecule has 0 aliphatic carbocycles. The monoisotopic (exact) mass is 413 g/mol. The fraction of sp³-hybridized carbons (Fsp3) is 0.238. The van der Waals surface area contributed by atoms with Crippen LogP contribution in [0, 0.1) is 13.8 Å². The second-order valence-corrected chi connectivity index (χ2v) is 8.11. The van der Waals surface area contributed by atoms with Crippen LogP contribution in [0.1, 0.15) is 18.1 Å². The van der Waals surface area contributed by atoms with E-state index in [2.05, 4.69) is 14.9 Å². The number of methoxy groups -OCH3 is 1. The number of nitrogens with zero attached hydrogens (tertiary/aromatic N) is 2. The highest BCUT2D eigenvalue weighted by atomic mass is 32.2. The summed E-state index contributed by atoms with van der Waals surface area (Å²) in [5, 5.41) is 8.15. The van der Waals surface area contributed by atoms with Crippen molar-refractivity contribution in [1.82, 2.24) is 10.2 Å². The molecule has 0 bridgehead atoms. The highest BCUT2D eigenvalue weighted by molar-refractivity contribution is 7.92. The third kappa shape index (κ3) is 4.65. The first-order chi connectivity index (χ1) is 13.8. The van der Waals surface area contributed by atoms with Crippen LogP contribution in [0.2, 0.25) is 0 Å². The number of benzene rings is 2. The average molecular weight is 413 g/mol. The minimum Gasteiger partial charge on any atom is -0.496 e. The first-order valence-electron chi connectivity index (χ1n) is 9.09. The Labute approximate surface area is 170 Å². The Balaban J connectivity index is 1.89. The predicted molar refractivity (Wildman–Crippen MR) is 112 cm³/mol. The average Bonchev–Trinajstić information content (AvgIpc) is 2.70. The maximum atomic E-state index is 12.9. The van der Waals surface area contributed by atoms with Crippen LogP contribution in [0.5, 0.6) is 11.6 Å². The van der Waals surface area contributed by atoms with Gasteiger partial charge in [-0.1, -0.05) is 12.1 Å². The van der Waals surface area contributed by atoms with Crippen molar-refractivity contribution in [2.24, 2.45) is 0 Å². The summed E-state index contributed by atoms with van der Waals surface area (Å²) in [5.41, 5.74) is 3.14. The van der Waals surface area contributed by atoms with Gasteiger partial charge in [0.05, 0.1) is 24.3 Å². The van der Waals surface area contributed by atoms with Crippen LogP contribution in [-0.2, 0) is 10.0 Å². The molecule has 3 aromatic rings. The van der Waals surface area contributed by atoms with E-state index < -0.39 is 10.0 Å². The molecule has 8 heteroatoms. The van der Waals surface area contributed by atoms with Crippen molar-refractivity contribution < 1.29 is 17.9 Å². The fourth-order valence-electron chi connectivity index (χ4n) is 2.92. The number of sulfonamides is 1. The quantitative estimate of drug-likeness (QED) is 0.630. The lowest BCUT2D eigenvalue weighted by Crippen LogP contribution is -2.14. The summed E-state index contributed by atoms with van der Waals surface area (Å²) >= 11 is 0. The smallest absolute Gasteiger partial charge is 0.262 e. The number of aromatic nitrogens is 2. The van der Waals surface area contributed by atoms with E-state index in [0.29, 0.717) is 35.2 Å². The zero-order chi connectivity index (χ0) is 21.0. The normalized spacial score (nSPS) is 11.2. The third-order valence-corrected chi connectivity index (χ3v) is 5.85. The molecule has 0 saturated heterocycles. The molecule has 3 rings (SSSR count). The van der Waals surface area contributed by atoms with Crippen molar-refractivity contribution in [1.29, 1.82) is 0 Å². The van der Waals surface area contributed by atoms with Gasteiger partial charge in [-0.25, -0.2) is 8.42 Å². The SMILES string of the molecule is CCOc1ccc(-c2cccc(NS(=O)(=O)c3cc(C)c(OC)cc3C)c2)nn1. The summed E-state index contributed by atoms with van der Waals surface area (Å²) in [6.07, 6.45) is 0. The Morgan fingerprint density at radius 3 is 2.45 bits per heavy atom. The van der Waals surface area contributed by atoms with E-state index in [-0.39, 0.29) is 4.90 Å². The molecule has 0 spiro atoms. The molecule has 0 radical (unpaired) electrons. The van der Waals surface area contributed by atoms with E-state index >= 15 is 0 Å². The fourth-order valence-corrected chi connectivity index (χ4v) is 4.29. The molecule has 1 heterocycles. The van der Waals surface area contributed by atoms with Gasteiger partial charge in [0, 0.05) is 17.3 Å². The Morgan fingerprint density at radius 1 is 1.00 bits per heavy atom. The summed E-state index contributed by atoms with van der Waals surface area (Å²) in [7, 11) is -2.21. The zero-order valence-corrected chi connectivity index (χ0v) is 17.6. The maximum Gasteiger partial charge on any atom is 0.262 e. The first-order valence-corrected chi connectivity index (χ1v) is 10.6. The molecule has 152 valence electrons. The summed E-state index contributed by atoms with van der Waals surface area (Å²) in [6, 6.07) is 13.8. The molecular weight excluding hydrogens is 390 g/mol. The van der Waals surface area contributed by atoms with Gasteiger partial charge in [0.1, 0.15) is 5.75 Å². The van der Waals surface area contributed by atoms with Crippen molar-refractivity contribution in [3.05, 3.63) is 59.7 Å². The number of ether oxygens (including phenoxy) is 2. The third-order valence-electron chi connectivity index (χ3n) is 4.32. The molecule has 29 heavy (non-hydrogen) atoms. The largest absolute Gasteiger partial charge is 0.496 e. The van der Waals surface area contributed by atoms with Crippen LogP contribution >= 0.6 is 0 Å². The number of hydrogen-bond acceptors (Lipinski definition) is 6. The lowest BCUT2D eigenvalue weighted by Gasteiger charge is -2.14. The van der Waals surface area contributed by atoms with E-state index in [9.17, 15) is 8.42 Å². The number of anilines is 1. The van der Waals surface area contributed by atoms with Crippen molar-refractivity contribution in [3.63, 3.8) is 0 Å². The molecule has 1 aromatic heterocycles. The number of nitrogens with one attached hydrogen (secondary N) is 1. The Bertz CT molecular complexity index is 1110. The second-order valence-electron chi connectivity index (χ2n) is 6.46. The standard InChI is InChI=1S/C21H23N3O4S/c1-5-28-21-10-9-18(22-23-21)16-7-6-8-17(13-16)24-29(25,26)20-12-14(2)19(27-4)11-15(20)3/h6-13,24H,5H2,1-4H3.